The van der Waals surface area contributed by atoms with Gasteiger partial charge >= 0.3 is 0 Å². The fourth-order valence-electron chi connectivity index (χ4n) is 4.05. The van der Waals surface area contributed by atoms with Crippen LogP contribution in [0.5, 0.6) is 5.75 Å². The van der Waals surface area contributed by atoms with Gasteiger partial charge in [-0.25, -0.2) is 4.57 Å². The minimum atomic E-state index is -0.0353. The molecule has 196 valence electrons. The zero-order valence-corrected chi connectivity index (χ0v) is 24.6. The van der Waals surface area contributed by atoms with Gasteiger partial charge in [0.2, 0.25) is 5.91 Å². The molecule has 0 saturated carbocycles. The van der Waals surface area contributed by atoms with Gasteiger partial charge in [0.05, 0.1) is 13.0 Å². The number of nitrogens with zero attached hydrogens (tertiary/aromatic N) is 1. The third-order valence-electron chi connectivity index (χ3n) is 6.03. The number of benzene rings is 1. The van der Waals surface area contributed by atoms with E-state index in [4.69, 9.17) is 16.3 Å². The molecule has 1 N–H and O–H groups in total. The number of hydrogen-bond acceptors (Lipinski definition) is 2. The lowest BCUT2D eigenvalue weighted by molar-refractivity contribution is -0.697. The molecule has 1 amide bonds. The number of aromatic nitrogens is 1. The molecule has 4 nitrogen and oxygen atoms in total. The van der Waals surface area contributed by atoms with Gasteiger partial charge in [-0.2, -0.15) is 0 Å². The number of amides is 1. The molecule has 0 unspecified atom stereocenters. The van der Waals surface area contributed by atoms with Crippen LogP contribution in [-0.4, -0.2) is 12.5 Å². The Bertz CT molecular complexity index is 847. The largest absolute Gasteiger partial charge is 1.00 e. The van der Waals surface area contributed by atoms with Crippen molar-refractivity contribution in [2.75, 3.05) is 6.61 Å². The van der Waals surface area contributed by atoms with Crippen LogP contribution in [0.25, 0.3) is 0 Å². The van der Waals surface area contributed by atoms with Crippen LogP contribution in [0.1, 0.15) is 95.6 Å². The van der Waals surface area contributed by atoms with Gasteiger partial charge < -0.3 is 34.0 Å². The zero-order chi connectivity index (χ0) is 24.4. The van der Waals surface area contributed by atoms with Gasteiger partial charge in [-0.15, -0.1) is 0 Å². The molecule has 1 heterocycles. The molecular weight excluding hydrogens is 571 g/mol. The van der Waals surface area contributed by atoms with E-state index in [1.165, 1.54) is 57.8 Å². The molecule has 35 heavy (non-hydrogen) atoms. The number of rotatable bonds is 18. The van der Waals surface area contributed by atoms with Crippen molar-refractivity contribution in [1.82, 2.24) is 5.32 Å². The first kappa shape index (κ1) is 31.7. The SMILES string of the molecule is CCCCCCCCCCCCOc1ccc(CC(=O)NCc2ccc[n+](CCC)c2)c(Cl)c1.[I-]. The summed E-state index contributed by atoms with van der Waals surface area (Å²) >= 11 is 6.43. The van der Waals surface area contributed by atoms with Crippen LogP contribution in [0.3, 0.4) is 0 Å². The van der Waals surface area contributed by atoms with E-state index in [1.54, 1.807) is 0 Å². The van der Waals surface area contributed by atoms with Crippen LogP contribution in [0, 0.1) is 0 Å². The van der Waals surface area contributed by atoms with Crippen molar-refractivity contribution < 1.29 is 38.1 Å². The summed E-state index contributed by atoms with van der Waals surface area (Å²) in [6.45, 7) is 6.62. The molecule has 2 aromatic rings. The van der Waals surface area contributed by atoms with E-state index in [9.17, 15) is 4.79 Å². The predicted octanol–water partition coefficient (Wildman–Crippen LogP) is 4.20. The fourth-order valence-corrected chi connectivity index (χ4v) is 4.29. The van der Waals surface area contributed by atoms with E-state index >= 15 is 0 Å². The van der Waals surface area contributed by atoms with E-state index in [1.807, 2.05) is 30.3 Å². The van der Waals surface area contributed by atoms with E-state index in [2.05, 4.69) is 36.1 Å². The molecule has 0 radical (unpaired) electrons. The standard InChI is InChI=1S/C29H43ClN2O2.HI/c1-3-5-6-7-8-9-10-11-12-13-20-34-27-17-16-26(28(30)22-27)21-29(33)31-23-25-15-14-19-32(24-25)18-4-2;/h14-17,19,22,24H,3-13,18,20-21,23H2,1-2H3;1H. The highest BCUT2D eigenvalue weighted by Gasteiger charge is 2.10. The summed E-state index contributed by atoms with van der Waals surface area (Å²) < 4.78 is 8.01. The first-order valence-corrected chi connectivity index (χ1v) is 13.7. The zero-order valence-electron chi connectivity index (χ0n) is 21.7. The third-order valence-corrected chi connectivity index (χ3v) is 6.38. The normalized spacial score (nSPS) is 10.6. The molecule has 0 aliphatic carbocycles. The average Bonchev–Trinajstić information content (AvgIpc) is 2.83. The van der Waals surface area contributed by atoms with Crippen molar-refractivity contribution in [3.8, 4) is 5.75 Å². The average molecular weight is 615 g/mol. The van der Waals surface area contributed by atoms with Crippen LogP contribution < -0.4 is 38.6 Å². The number of hydrogen-bond donors (Lipinski definition) is 1. The summed E-state index contributed by atoms with van der Waals surface area (Å²) in [5, 5.41) is 3.57. The van der Waals surface area contributed by atoms with Crippen molar-refractivity contribution in [1.29, 1.82) is 0 Å². The van der Waals surface area contributed by atoms with Gasteiger partial charge in [-0.3, -0.25) is 4.79 Å². The molecule has 0 aliphatic rings. The molecule has 0 saturated heterocycles. The maximum atomic E-state index is 12.4. The minimum Gasteiger partial charge on any atom is -1.00 e. The van der Waals surface area contributed by atoms with Crippen LogP contribution >= 0.6 is 11.6 Å². The second-order valence-corrected chi connectivity index (χ2v) is 9.59. The van der Waals surface area contributed by atoms with Crippen molar-refractivity contribution in [3.63, 3.8) is 0 Å². The number of halogens is 2. The molecule has 2 rings (SSSR count). The Morgan fingerprint density at radius 3 is 2.29 bits per heavy atom. The number of carbonyl (C=O) groups excluding carboxylic acids is 1. The lowest BCUT2D eigenvalue weighted by atomic mass is 10.1. The van der Waals surface area contributed by atoms with Gasteiger partial charge in [0.1, 0.15) is 12.3 Å². The summed E-state index contributed by atoms with van der Waals surface area (Å²) in [5.74, 6) is 0.738. The monoisotopic (exact) mass is 614 g/mol. The Hall–Kier alpha value is -1.34. The van der Waals surface area contributed by atoms with Crippen molar-refractivity contribution in [2.45, 2.75) is 104 Å². The van der Waals surface area contributed by atoms with Crippen LogP contribution in [0.15, 0.2) is 42.7 Å². The number of pyridine rings is 1. The number of carbonyl (C=O) groups is 1. The first-order valence-electron chi connectivity index (χ1n) is 13.3. The highest BCUT2D eigenvalue weighted by atomic mass is 127. The molecule has 1 aromatic heterocycles. The van der Waals surface area contributed by atoms with Gasteiger partial charge in [0.15, 0.2) is 12.4 Å². The number of ether oxygens (including phenoxy) is 1. The minimum absolute atomic E-state index is 0. The summed E-state index contributed by atoms with van der Waals surface area (Å²) in [7, 11) is 0. The Labute approximate surface area is 235 Å². The highest BCUT2D eigenvalue weighted by molar-refractivity contribution is 6.31. The van der Waals surface area contributed by atoms with Gasteiger partial charge in [0, 0.05) is 29.6 Å². The number of nitrogens with one attached hydrogen (secondary N) is 1. The molecule has 0 fully saturated rings. The van der Waals surface area contributed by atoms with Crippen molar-refractivity contribution in [2.24, 2.45) is 0 Å². The van der Waals surface area contributed by atoms with E-state index in [-0.39, 0.29) is 36.3 Å². The predicted molar refractivity (Wildman–Crippen MR) is 141 cm³/mol. The molecule has 0 bridgehead atoms. The lowest BCUT2D eigenvalue weighted by Gasteiger charge is -2.10. The second kappa shape index (κ2) is 19.8. The van der Waals surface area contributed by atoms with Gasteiger partial charge in [0.25, 0.3) is 0 Å². The van der Waals surface area contributed by atoms with Gasteiger partial charge in [-0.1, -0.05) is 89.3 Å². The highest BCUT2D eigenvalue weighted by Crippen LogP contribution is 2.23. The van der Waals surface area contributed by atoms with Crippen molar-refractivity contribution in [3.05, 3.63) is 58.9 Å². The molecule has 0 aliphatic heterocycles. The van der Waals surface area contributed by atoms with E-state index < -0.39 is 0 Å². The van der Waals surface area contributed by atoms with E-state index in [0.717, 1.165) is 36.3 Å². The summed E-state index contributed by atoms with van der Waals surface area (Å²) in [4.78, 5) is 12.4. The third kappa shape index (κ3) is 14.1. The van der Waals surface area contributed by atoms with Crippen molar-refractivity contribution >= 4 is 17.5 Å². The van der Waals surface area contributed by atoms with Crippen LogP contribution in [0.2, 0.25) is 5.02 Å². The quantitative estimate of drug-likeness (QED) is 0.155. The van der Waals surface area contributed by atoms with Crippen LogP contribution in [0.4, 0.5) is 0 Å². The maximum Gasteiger partial charge on any atom is 0.224 e. The Morgan fingerprint density at radius 1 is 0.943 bits per heavy atom. The first-order chi connectivity index (χ1) is 16.6. The van der Waals surface area contributed by atoms with E-state index in [0.29, 0.717) is 18.2 Å². The maximum absolute atomic E-state index is 12.4. The van der Waals surface area contributed by atoms with Crippen LogP contribution in [-0.2, 0) is 24.3 Å². The molecular formula is C29H44ClIN2O2. The molecule has 0 spiro atoms. The summed E-state index contributed by atoms with van der Waals surface area (Å²) in [6.07, 6.45) is 18.6. The Kier molecular flexibility index (Phi) is 17.9. The fraction of sp³-hybridized carbons (Fsp3) is 0.586. The molecule has 6 heteroatoms. The number of unbranched alkanes of at least 4 members (excludes halogenated alkanes) is 9. The Balaban J connectivity index is 0.00000612. The summed E-state index contributed by atoms with van der Waals surface area (Å²) in [6, 6.07) is 9.68. The lowest BCUT2D eigenvalue weighted by Crippen LogP contribution is -3.00. The topological polar surface area (TPSA) is 42.2 Å². The molecule has 1 aromatic carbocycles. The molecule has 0 atom stereocenters. The number of aryl methyl sites for hydroxylation is 1. The van der Waals surface area contributed by atoms with Gasteiger partial charge in [-0.05, 0) is 30.2 Å². The Morgan fingerprint density at radius 2 is 1.63 bits per heavy atom. The smallest absolute Gasteiger partial charge is 0.224 e. The second-order valence-electron chi connectivity index (χ2n) is 9.19. The summed E-state index contributed by atoms with van der Waals surface area (Å²) in [5.41, 5.74) is 1.91.